The lowest BCUT2D eigenvalue weighted by molar-refractivity contribution is 0.107. The van der Waals surface area contributed by atoms with Gasteiger partial charge >= 0.3 is 0 Å². The van der Waals surface area contributed by atoms with Crippen molar-refractivity contribution in [2.45, 2.75) is 56.5 Å². The molecule has 1 aliphatic heterocycles. The Morgan fingerprint density at radius 1 is 1.13 bits per heavy atom. The van der Waals surface area contributed by atoms with Crippen LogP contribution in [0.1, 0.15) is 44.9 Å². The van der Waals surface area contributed by atoms with E-state index in [2.05, 4.69) is 10.6 Å². The van der Waals surface area contributed by atoms with Gasteiger partial charge in [0.2, 0.25) is 0 Å². The second-order valence-corrected chi connectivity index (χ2v) is 5.17. The van der Waals surface area contributed by atoms with Crippen molar-refractivity contribution in [3.8, 4) is 0 Å². The quantitative estimate of drug-likeness (QED) is 0.654. The Bertz CT molecular complexity index is 184. The number of hydrogen-bond acceptors (Lipinski definition) is 3. The smallest absolute Gasteiger partial charge is 0.0614 e. The van der Waals surface area contributed by atoms with Gasteiger partial charge in [0.25, 0.3) is 0 Å². The van der Waals surface area contributed by atoms with Crippen LogP contribution >= 0.6 is 0 Å². The van der Waals surface area contributed by atoms with Crippen molar-refractivity contribution in [2.75, 3.05) is 19.7 Å². The monoisotopic (exact) mass is 212 g/mol. The Kier molecular flexibility index (Phi) is 4.00. The van der Waals surface area contributed by atoms with Crippen LogP contribution in [0.25, 0.3) is 0 Å². The molecule has 0 spiro atoms. The Morgan fingerprint density at radius 2 is 1.80 bits per heavy atom. The first-order valence-corrected chi connectivity index (χ1v) is 6.44. The molecule has 2 fully saturated rings. The van der Waals surface area contributed by atoms with Crippen LogP contribution in [-0.2, 0) is 0 Å². The lowest BCUT2D eigenvalue weighted by Gasteiger charge is -2.41. The topological polar surface area (TPSA) is 44.3 Å². The van der Waals surface area contributed by atoms with Crippen LogP contribution in [0, 0.1) is 0 Å². The third-order valence-electron chi connectivity index (χ3n) is 3.98. The molecule has 1 saturated heterocycles. The normalized spacial score (nSPS) is 27.8. The first kappa shape index (κ1) is 11.4. The minimum atomic E-state index is 0.0211. The molecule has 88 valence electrons. The molecule has 3 heteroatoms. The Hall–Kier alpha value is -0.120. The molecule has 0 radical (unpaired) electrons. The molecule has 3 N–H and O–H groups in total. The predicted molar refractivity (Wildman–Crippen MR) is 61.9 cm³/mol. The number of aliphatic hydroxyl groups is 1. The summed E-state index contributed by atoms with van der Waals surface area (Å²) in [5.41, 5.74) is 0.0211. The van der Waals surface area contributed by atoms with Gasteiger partial charge in [0.1, 0.15) is 0 Å². The zero-order valence-corrected chi connectivity index (χ0v) is 9.60. The van der Waals surface area contributed by atoms with Gasteiger partial charge in [0.15, 0.2) is 0 Å². The zero-order chi connectivity index (χ0) is 10.6. The third-order valence-corrected chi connectivity index (χ3v) is 3.98. The summed E-state index contributed by atoms with van der Waals surface area (Å²) >= 11 is 0. The van der Waals surface area contributed by atoms with Crippen molar-refractivity contribution < 1.29 is 5.11 Å². The second kappa shape index (κ2) is 5.28. The summed E-state index contributed by atoms with van der Waals surface area (Å²) in [6.07, 6.45) is 8.85. The van der Waals surface area contributed by atoms with Crippen LogP contribution in [0.5, 0.6) is 0 Å². The van der Waals surface area contributed by atoms with Crippen molar-refractivity contribution in [3.63, 3.8) is 0 Å². The van der Waals surface area contributed by atoms with Crippen LogP contribution in [0.15, 0.2) is 0 Å². The van der Waals surface area contributed by atoms with Gasteiger partial charge in [-0.15, -0.1) is 0 Å². The first-order valence-electron chi connectivity index (χ1n) is 6.44. The van der Waals surface area contributed by atoms with E-state index >= 15 is 0 Å². The van der Waals surface area contributed by atoms with Gasteiger partial charge in [0, 0.05) is 11.6 Å². The summed E-state index contributed by atoms with van der Waals surface area (Å²) in [5.74, 6) is 0. The van der Waals surface area contributed by atoms with Crippen molar-refractivity contribution in [2.24, 2.45) is 0 Å². The number of rotatable bonds is 3. The predicted octanol–water partition coefficient (Wildman–Crippen LogP) is 1.02. The van der Waals surface area contributed by atoms with Crippen molar-refractivity contribution in [1.82, 2.24) is 10.6 Å². The van der Waals surface area contributed by atoms with E-state index in [1.54, 1.807) is 0 Å². The SMILES string of the molecule is OCC1(NC2CCCCC2)CCNCC1. The third kappa shape index (κ3) is 2.92. The molecule has 1 saturated carbocycles. The summed E-state index contributed by atoms with van der Waals surface area (Å²) in [6, 6.07) is 0.656. The molecule has 0 aromatic carbocycles. The Balaban J connectivity index is 1.87. The average molecular weight is 212 g/mol. The van der Waals surface area contributed by atoms with Gasteiger partial charge in [-0.1, -0.05) is 19.3 Å². The maximum Gasteiger partial charge on any atom is 0.0614 e. The zero-order valence-electron chi connectivity index (χ0n) is 9.60. The number of piperidine rings is 1. The van der Waals surface area contributed by atoms with E-state index in [1.165, 1.54) is 32.1 Å². The van der Waals surface area contributed by atoms with E-state index in [0.29, 0.717) is 12.6 Å². The van der Waals surface area contributed by atoms with Crippen LogP contribution in [-0.4, -0.2) is 36.4 Å². The van der Waals surface area contributed by atoms with Gasteiger partial charge in [-0.25, -0.2) is 0 Å². The van der Waals surface area contributed by atoms with Crippen LogP contribution < -0.4 is 10.6 Å². The average Bonchev–Trinajstić information content (AvgIpc) is 2.32. The van der Waals surface area contributed by atoms with Gasteiger partial charge in [-0.2, -0.15) is 0 Å². The molecule has 0 aromatic heterocycles. The van der Waals surface area contributed by atoms with E-state index in [-0.39, 0.29) is 5.54 Å². The molecular formula is C12H24N2O. The molecule has 0 bridgehead atoms. The molecule has 15 heavy (non-hydrogen) atoms. The molecule has 2 rings (SSSR count). The molecule has 1 aliphatic carbocycles. The van der Waals surface area contributed by atoms with E-state index in [1.807, 2.05) is 0 Å². The van der Waals surface area contributed by atoms with E-state index in [0.717, 1.165) is 25.9 Å². The summed E-state index contributed by atoms with van der Waals surface area (Å²) in [7, 11) is 0. The fraction of sp³-hybridized carbons (Fsp3) is 1.00. The molecule has 0 amide bonds. The molecule has 0 aromatic rings. The first-order chi connectivity index (χ1) is 7.35. The van der Waals surface area contributed by atoms with E-state index < -0.39 is 0 Å². The summed E-state index contributed by atoms with van der Waals surface area (Å²) in [6.45, 7) is 2.38. The minimum Gasteiger partial charge on any atom is -0.394 e. The van der Waals surface area contributed by atoms with Crippen molar-refractivity contribution in [1.29, 1.82) is 0 Å². The molecule has 2 aliphatic rings. The maximum absolute atomic E-state index is 9.58. The molecule has 0 atom stereocenters. The van der Waals surface area contributed by atoms with Crippen LogP contribution in [0.3, 0.4) is 0 Å². The second-order valence-electron chi connectivity index (χ2n) is 5.17. The summed E-state index contributed by atoms with van der Waals surface area (Å²) in [5, 5.41) is 16.7. The van der Waals surface area contributed by atoms with Crippen LogP contribution in [0.4, 0.5) is 0 Å². The minimum absolute atomic E-state index is 0.0211. The van der Waals surface area contributed by atoms with Gasteiger partial charge in [-0.3, -0.25) is 0 Å². The largest absolute Gasteiger partial charge is 0.394 e. The van der Waals surface area contributed by atoms with Gasteiger partial charge < -0.3 is 15.7 Å². The summed E-state index contributed by atoms with van der Waals surface area (Å²) < 4.78 is 0. The highest BCUT2D eigenvalue weighted by atomic mass is 16.3. The fourth-order valence-corrected chi connectivity index (χ4v) is 2.93. The highest BCUT2D eigenvalue weighted by molar-refractivity contribution is 4.94. The molecule has 0 unspecified atom stereocenters. The lowest BCUT2D eigenvalue weighted by Crippen LogP contribution is -2.58. The molecular weight excluding hydrogens is 188 g/mol. The van der Waals surface area contributed by atoms with E-state index in [9.17, 15) is 5.11 Å². The summed E-state index contributed by atoms with van der Waals surface area (Å²) in [4.78, 5) is 0. The standard InChI is InChI=1S/C12H24N2O/c15-10-12(6-8-13-9-7-12)14-11-4-2-1-3-5-11/h11,13-15H,1-10H2. The number of nitrogens with one attached hydrogen (secondary N) is 2. The fourth-order valence-electron chi connectivity index (χ4n) is 2.93. The van der Waals surface area contributed by atoms with Gasteiger partial charge in [0.05, 0.1) is 6.61 Å². The highest BCUT2D eigenvalue weighted by Gasteiger charge is 2.33. The van der Waals surface area contributed by atoms with Crippen LogP contribution in [0.2, 0.25) is 0 Å². The van der Waals surface area contributed by atoms with E-state index in [4.69, 9.17) is 0 Å². The maximum atomic E-state index is 9.58. The molecule has 3 nitrogen and oxygen atoms in total. The highest BCUT2D eigenvalue weighted by Crippen LogP contribution is 2.24. The van der Waals surface area contributed by atoms with Crippen molar-refractivity contribution >= 4 is 0 Å². The number of hydrogen-bond donors (Lipinski definition) is 3. The Morgan fingerprint density at radius 3 is 2.40 bits per heavy atom. The van der Waals surface area contributed by atoms with Crippen molar-refractivity contribution in [3.05, 3.63) is 0 Å². The molecule has 1 heterocycles. The lowest BCUT2D eigenvalue weighted by atomic mass is 9.85. The number of aliphatic hydroxyl groups excluding tert-OH is 1. The van der Waals surface area contributed by atoms with Gasteiger partial charge in [-0.05, 0) is 38.8 Å². The Labute approximate surface area is 92.6 Å².